The van der Waals surface area contributed by atoms with E-state index in [1.165, 1.54) is 10.4 Å². The smallest absolute Gasteiger partial charge is 0.104 e. The number of aliphatic hydroxyl groups is 1. The zero-order valence-corrected chi connectivity index (χ0v) is 13.1. The Hall–Kier alpha value is -1.12. The summed E-state index contributed by atoms with van der Waals surface area (Å²) in [6.07, 6.45) is 1.15. The Balaban J connectivity index is 1.78. The van der Waals surface area contributed by atoms with Crippen molar-refractivity contribution in [3.8, 4) is 11.8 Å². The molecule has 2 nitrogen and oxygen atoms in total. The number of aliphatic hydroxyl groups excluding tert-OH is 1. The topological polar surface area (TPSA) is 23.5 Å². The van der Waals surface area contributed by atoms with E-state index in [0.717, 1.165) is 25.1 Å². The highest BCUT2D eigenvalue weighted by Crippen LogP contribution is 2.34. The fourth-order valence-electron chi connectivity index (χ4n) is 2.67. The summed E-state index contributed by atoms with van der Waals surface area (Å²) in [4.78, 5) is 5.36. The number of rotatable bonds is 2. The minimum absolute atomic E-state index is 0.0757. The standard InChI is InChI=1S/C16H17NOS2/c1-12-14-6-10-19-15(14)4-7-17(12)11-16-13(3-2-8-18)5-9-20-16/h5-6,9-10,12,18H,4,7-8,11H2,1H3. The van der Waals surface area contributed by atoms with Crippen molar-refractivity contribution < 1.29 is 5.11 Å². The number of thiophene rings is 2. The third-order valence-corrected chi connectivity index (χ3v) is 5.70. The summed E-state index contributed by atoms with van der Waals surface area (Å²) in [7, 11) is 0. The van der Waals surface area contributed by atoms with Gasteiger partial charge in [0.25, 0.3) is 0 Å². The van der Waals surface area contributed by atoms with Gasteiger partial charge in [-0.25, -0.2) is 0 Å². The third kappa shape index (κ3) is 2.68. The molecule has 4 heteroatoms. The number of hydrogen-bond donors (Lipinski definition) is 1. The van der Waals surface area contributed by atoms with Crippen LogP contribution in [-0.2, 0) is 13.0 Å². The Bertz CT molecular complexity index is 647. The summed E-state index contributed by atoms with van der Waals surface area (Å²) in [5.41, 5.74) is 2.55. The summed E-state index contributed by atoms with van der Waals surface area (Å²) in [6, 6.07) is 4.79. The lowest BCUT2D eigenvalue weighted by molar-refractivity contribution is 0.193. The van der Waals surface area contributed by atoms with Gasteiger partial charge in [-0.1, -0.05) is 11.8 Å². The van der Waals surface area contributed by atoms with E-state index in [4.69, 9.17) is 5.11 Å². The van der Waals surface area contributed by atoms with Gasteiger partial charge in [0, 0.05) is 34.4 Å². The fraction of sp³-hybridized carbons (Fsp3) is 0.375. The van der Waals surface area contributed by atoms with Crippen LogP contribution in [0.15, 0.2) is 22.9 Å². The molecule has 0 spiro atoms. The zero-order valence-electron chi connectivity index (χ0n) is 11.4. The van der Waals surface area contributed by atoms with E-state index < -0.39 is 0 Å². The highest BCUT2D eigenvalue weighted by molar-refractivity contribution is 7.10. The first kappa shape index (κ1) is 13.8. The molecule has 2 aromatic heterocycles. The lowest BCUT2D eigenvalue weighted by Crippen LogP contribution is -2.32. The molecule has 0 radical (unpaired) electrons. The van der Waals surface area contributed by atoms with Crippen molar-refractivity contribution in [2.75, 3.05) is 13.2 Å². The van der Waals surface area contributed by atoms with Gasteiger partial charge in [0.1, 0.15) is 6.61 Å². The van der Waals surface area contributed by atoms with Crippen LogP contribution in [0.4, 0.5) is 0 Å². The van der Waals surface area contributed by atoms with Crippen LogP contribution in [0, 0.1) is 11.8 Å². The second-order valence-electron chi connectivity index (χ2n) is 4.91. The van der Waals surface area contributed by atoms with Crippen LogP contribution in [0.5, 0.6) is 0 Å². The van der Waals surface area contributed by atoms with Crippen LogP contribution in [-0.4, -0.2) is 23.2 Å². The molecule has 3 rings (SSSR count). The van der Waals surface area contributed by atoms with Crippen molar-refractivity contribution >= 4 is 22.7 Å². The second kappa shape index (κ2) is 6.11. The van der Waals surface area contributed by atoms with Crippen LogP contribution < -0.4 is 0 Å². The van der Waals surface area contributed by atoms with Gasteiger partial charge in [-0.15, -0.1) is 22.7 Å². The van der Waals surface area contributed by atoms with E-state index in [2.05, 4.69) is 40.5 Å². The Kier molecular flexibility index (Phi) is 4.23. The molecular weight excluding hydrogens is 286 g/mol. The maximum absolute atomic E-state index is 8.83. The van der Waals surface area contributed by atoms with E-state index >= 15 is 0 Å². The molecule has 0 bridgehead atoms. The maximum Gasteiger partial charge on any atom is 0.104 e. The molecule has 1 aliphatic heterocycles. The van der Waals surface area contributed by atoms with Gasteiger partial charge >= 0.3 is 0 Å². The minimum Gasteiger partial charge on any atom is -0.384 e. The lowest BCUT2D eigenvalue weighted by atomic mass is 10.0. The van der Waals surface area contributed by atoms with E-state index in [1.807, 2.05) is 17.4 Å². The molecule has 104 valence electrons. The summed E-state index contributed by atoms with van der Waals surface area (Å²) < 4.78 is 0. The molecule has 1 unspecified atom stereocenters. The molecule has 0 amide bonds. The van der Waals surface area contributed by atoms with Gasteiger partial charge in [0.2, 0.25) is 0 Å². The van der Waals surface area contributed by atoms with Crippen molar-refractivity contribution in [1.29, 1.82) is 0 Å². The lowest BCUT2D eigenvalue weighted by Gasteiger charge is -2.33. The van der Waals surface area contributed by atoms with E-state index in [9.17, 15) is 0 Å². The maximum atomic E-state index is 8.83. The predicted molar refractivity (Wildman–Crippen MR) is 85.1 cm³/mol. The Morgan fingerprint density at radius 1 is 1.35 bits per heavy atom. The number of nitrogens with zero attached hydrogens (tertiary/aromatic N) is 1. The SMILES string of the molecule is CC1c2ccsc2CCN1Cc1sccc1C#CCO. The molecule has 1 aliphatic rings. The molecule has 2 aromatic rings. The normalized spacial score (nSPS) is 18.4. The Labute approximate surface area is 127 Å². The Morgan fingerprint density at radius 2 is 2.20 bits per heavy atom. The molecule has 0 saturated carbocycles. The van der Waals surface area contributed by atoms with Crippen molar-refractivity contribution in [2.24, 2.45) is 0 Å². The fourth-order valence-corrected chi connectivity index (χ4v) is 4.49. The zero-order chi connectivity index (χ0) is 13.9. The van der Waals surface area contributed by atoms with Crippen molar-refractivity contribution in [1.82, 2.24) is 4.90 Å². The highest BCUT2D eigenvalue weighted by atomic mass is 32.1. The summed E-state index contributed by atoms with van der Waals surface area (Å²) >= 11 is 3.64. The van der Waals surface area contributed by atoms with Crippen molar-refractivity contribution in [3.05, 3.63) is 43.8 Å². The average molecular weight is 303 g/mol. The molecule has 1 atom stereocenters. The summed E-state index contributed by atoms with van der Waals surface area (Å²) in [5.74, 6) is 5.79. The van der Waals surface area contributed by atoms with Crippen LogP contribution in [0.25, 0.3) is 0 Å². The minimum atomic E-state index is -0.0757. The van der Waals surface area contributed by atoms with E-state index in [-0.39, 0.29) is 6.61 Å². The number of fused-ring (bicyclic) bond motifs is 1. The molecular formula is C16H17NOS2. The highest BCUT2D eigenvalue weighted by Gasteiger charge is 2.25. The quantitative estimate of drug-likeness (QED) is 0.861. The van der Waals surface area contributed by atoms with Gasteiger partial charge in [0.05, 0.1) is 0 Å². The first-order chi connectivity index (χ1) is 9.79. The van der Waals surface area contributed by atoms with Crippen LogP contribution in [0.1, 0.15) is 33.8 Å². The van der Waals surface area contributed by atoms with Crippen molar-refractivity contribution in [2.45, 2.75) is 25.9 Å². The average Bonchev–Trinajstić information content (AvgIpc) is 3.09. The molecule has 0 fully saturated rings. The number of hydrogen-bond acceptors (Lipinski definition) is 4. The summed E-state index contributed by atoms with van der Waals surface area (Å²) in [6.45, 7) is 4.27. The summed E-state index contributed by atoms with van der Waals surface area (Å²) in [5, 5.41) is 13.1. The van der Waals surface area contributed by atoms with Crippen molar-refractivity contribution in [3.63, 3.8) is 0 Å². The third-order valence-electron chi connectivity index (χ3n) is 3.80. The molecule has 0 aromatic carbocycles. The predicted octanol–water partition coefficient (Wildman–Crippen LogP) is 3.27. The van der Waals surface area contributed by atoms with Gasteiger partial charge < -0.3 is 5.11 Å². The second-order valence-corrected chi connectivity index (χ2v) is 6.91. The molecule has 0 aliphatic carbocycles. The first-order valence-corrected chi connectivity index (χ1v) is 8.52. The molecule has 3 heterocycles. The van der Waals surface area contributed by atoms with Gasteiger partial charge in [-0.05, 0) is 41.8 Å². The van der Waals surface area contributed by atoms with E-state index in [1.54, 1.807) is 16.2 Å². The molecule has 0 saturated heterocycles. The van der Waals surface area contributed by atoms with Crippen LogP contribution in [0.3, 0.4) is 0 Å². The molecule has 20 heavy (non-hydrogen) atoms. The van der Waals surface area contributed by atoms with Gasteiger partial charge in [0.15, 0.2) is 0 Å². The molecule has 1 N–H and O–H groups in total. The monoisotopic (exact) mass is 303 g/mol. The van der Waals surface area contributed by atoms with Crippen LogP contribution in [0.2, 0.25) is 0 Å². The largest absolute Gasteiger partial charge is 0.384 e. The van der Waals surface area contributed by atoms with E-state index in [0.29, 0.717) is 6.04 Å². The van der Waals surface area contributed by atoms with Gasteiger partial charge in [-0.3, -0.25) is 4.90 Å². The van der Waals surface area contributed by atoms with Gasteiger partial charge in [-0.2, -0.15) is 0 Å². The first-order valence-electron chi connectivity index (χ1n) is 6.76. The Morgan fingerprint density at radius 3 is 3.05 bits per heavy atom. The van der Waals surface area contributed by atoms with Crippen LogP contribution >= 0.6 is 22.7 Å².